The molecule has 1 aliphatic rings. The minimum Gasteiger partial charge on any atom is -0.453 e. The molecule has 33 heavy (non-hydrogen) atoms. The van der Waals surface area contributed by atoms with E-state index in [1.54, 1.807) is 9.47 Å². The predicted octanol–water partition coefficient (Wildman–Crippen LogP) is 2.88. The van der Waals surface area contributed by atoms with E-state index < -0.39 is 6.09 Å². The van der Waals surface area contributed by atoms with Gasteiger partial charge in [0, 0.05) is 45.0 Å². The van der Waals surface area contributed by atoms with E-state index in [1.807, 2.05) is 58.8 Å². The summed E-state index contributed by atoms with van der Waals surface area (Å²) in [5.74, 6) is 0.650. The van der Waals surface area contributed by atoms with Gasteiger partial charge in [-0.3, -0.25) is 9.36 Å². The molecule has 2 heterocycles. The van der Waals surface area contributed by atoms with Gasteiger partial charge in [0.25, 0.3) is 5.56 Å². The van der Waals surface area contributed by atoms with Crippen LogP contribution in [-0.4, -0.2) is 73.6 Å². The van der Waals surface area contributed by atoms with Crippen molar-refractivity contribution in [3.8, 4) is 11.4 Å². The third-order valence-electron chi connectivity index (χ3n) is 6.04. The van der Waals surface area contributed by atoms with Crippen LogP contribution in [0, 0.1) is 13.8 Å². The molecule has 0 aliphatic carbocycles. The second-order valence-electron chi connectivity index (χ2n) is 8.46. The molecule has 1 fully saturated rings. The molecule has 0 radical (unpaired) electrons. The molecule has 0 spiro atoms. The van der Waals surface area contributed by atoms with Crippen LogP contribution in [0.2, 0.25) is 0 Å². The van der Waals surface area contributed by atoms with Gasteiger partial charge in [0.2, 0.25) is 0 Å². The van der Waals surface area contributed by atoms with Crippen LogP contribution in [0.15, 0.2) is 23.0 Å². The van der Waals surface area contributed by atoms with Gasteiger partial charge >= 0.3 is 6.09 Å². The number of carbonyl (C=O) groups is 1. The average molecular weight is 458 g/mol. The number of amides is 1. The zero-order valence-corrected chi connectivity index (χ0v) is 20.6. The smallest absolute Gasteiger partial charge is 0.409 e. The first-order valence-corrected chi connectivity index (χ1v) is 11.3. The van der Waals surface area contributed by atoms with Crippen LogP contribution in [0.3, 0.4) is 0 Å². The highest BCUT2D eigenvalue weighted by atomic mass is 16.5. The summed E-state index contributed by atoms with van der Waals surface area (Å²) in [5.41, 5.74) is 3.99. The number of carbonyl (C=O) groups excluding carboxylic acids is 1. The highest BCUT2D eigenvalue weighted by Crippen LogP contribution is 2.27. The number of nitrogens with zero attached hydrogens (tertiary/aromatic N) is 4. The van der Waals surface area contributed by atoms with Crippen LogP contribution in [0.25, 0.3) is 11.4 Å². The topological polar surface area (TPSA) is 88.9 Å². The van der Waals surface area contributed by atoms with Crippen LogP contribution in [0.4, 0.5) is 16.2 Å². The lowest BCUT2D eigenvalue weighted by Gasteiger charge is -2.23. The highest BCUT2D eigenvalue weighted by Gasteiger charge is 2.37. The lowest BCUT2D eigenvalue weighted by Crippen LogP contribution is -2.38. The zero-order valence-electron chi connectivity index (χ0n) is 20.6. The number of likely N-dealkylation sites (tertiary alicyclic amines) is 1. The van der Waals surface area contributed by atoms with E-state index in [0.29, 0.717) is 43.4 Å². The largest absolute Gasteiger partial charge is 0.453 e. The van der Waals surface area contributed by atoms with Crippen LogP contribution in [-0.2, 0) is 16.0 Å². The first-order valence-electron chi connectivity index (χ1n) is 11.3. The molecule has 2 aromatic rings. The van der Waals surface area contributed by atoms with Crippen molar-refractivity contribution in [2.45, 2.75) is 46.4 Å². The van der Waals surface area contributed by atoms with E-state index in [4.69, 9.17) is 14.5 Å². The van der Waals surface area contributed by atoms with Gasteiger partial charge in [0.05, 0.1) is 31.5 Å². The summed E-state index contributed by atoms with van der Waals surface area (Å²) in [7, 11) is 5.36. The van der Waals surface area contributed by atoms with Crippen molar-refractivity contribution >= 4 is 17.5 Å². The Hall–Kier alpha value is -3.07. The van der Waals surface area contributed by atoms with Crippen molar-refractivity contribution in [2.24, 2.45) is 0 Å². The summed E-state index contributed by atoms with van der Waals surface area (Å²) in [5, 5.41) is 3.34. The summed E-state index contributed by atoms with van der Waals surface area (Å²) in [6, 6.07) is 5.90. The number of methoxy groups -OCH3 is 1. The van der Waals surface area contributed by atoms with Crippen LogP contribution in [0.1, 0.15) is 25.1 Å². The van der Waals surface area contributed by atoms with Crippen molar-refractivity contribution in [1.29, 1.82) is 0 Å². The molecule has 2 atom stereocenters. The molecule has 1 aromatic carbocycles. The van der Waals surface area contributed by atoms with Gasteiger partial charge in [0.1, 0.15) is 11.5 Å². The lowest BCUT2D eigenvalue weighted by atomic mass is 10.1. The lowest BCUT2D eigenvalue weighted by molar-refractivity contribution is 0.0614. The van der Waals surface area contributed by atoms with E-state index in [2.05, 4.69) is 11.4 Å². The molecule has 1 aliphatic heterocycles. The molecule has 180 valence electrons. The summed E-state index contributed by atoms with van der Waals surface area (Å²) in [6.07, 6.45) is -0.653. The monoisotopic (exact) mass is 457 g/mol. The Morgan fingerprint density at radius 2 is 1.97 bits per heavy atom. The van der Waals surface area contributed by atoms with Crippen molar-refractivity contribution in [1.82, 2.24) is 14.5 Å². The van der Waals surface area contributed by atoms with E-state index in [-0.39, 0.29) is 17.7 Å². The molecule has 0 bridgehead atoms. The highest BCUT2D eigenvalue weighted by molar-refractivity contribution is 5.69. The Bertz CT molecular complexity index is 1070. The molecule has 1 saturated heterocycles. The van der Waals surface area contributed by atoms with Gasteiger partial charge in [-0.15, -0.1) is 0 Å². The molecule has 3 rings (SSSR count). The summed E-state index contributed by atoms with van der Waals surface area (Å²) < 4.78 is 12.4. The van der Waals surface area contributed by atoms with Crippen molar-refractivity contribution in [2.75, 3.05) is 51.1 Å². The Morgan fingerprint density at radius 3 is 2.55 bits per heavy atom. The molecular weight excluding hydrogens is 422 g/mol. The number of anilines is 2. The molecule has 1 aromatic heterocycles. The van der Waals surface area contributed by atoms with Crippen LogP contribution < -0.4 is 15.8 Å². The molecule has 1 N–H and O–H groups in total. The molecule has 0 saturated carbocycles. The minimum atomic E-state index is -0.406. The molecule has 9 nitrogen and oxygen atoms in total. The number of aryl methyl sites for hydroxylation is 2. The molecule has 9 heteroatoms. The predicted molar refractivity (Wildman–Crippen MR) is 130 cm³/mol. The molecule has 1 amide bonds. The van der Waals surface area contributed by atoms with E-state index in [0.717, 1.165) is 16.8 Å². The van der Waals surface area contributed by atoms with E-state index >= 15 is 0 Å². The zero-order chi connectivity index (χ0) is 24.3. The third-order valence-corrected chi connectivity index (χ3v) is 6.04. The summed E-state index contributed by atoms with van der Waals surface area (Å²) in [6.45, 7) is 9.49. The van der Waals surface area contributed by atoms with Gasteiger partial charge in [-0.05, 0) is 51.5 Å². The maximum atomic E-state index is 13.5. The van der Waals surface area contributed by atoms with Gasteiger partial charge in [-0.2, -0.15) is 0 Å². The SMILES string of the molecule is CCO[C@H]1CN(C(=O)OC)CC1Nc1c(C)nc(-c2ccc(N(C)C)cc2C)n(CC)c1=O. The normalized spacial score (nSPS) is 17.8. The maximum absolute atomic E-state index is 13.5. The maximum Gasteiger partial charge on any atom is 0.409 e. The molecule has 1 unspecified atom stereocenters. The second-order valence-corrected chi connectivity index (χ2v) is 8.46. The van der Waals surface area contributed by atoms with Crippen molar-refractivity contribution in [3.63, 3.8) is 0 Å². The summed E-state index contributed by atoms with van der Waals surface area (Å²) >= 11 is 0. The van der Waals surface area contributed by atoms with E-state index in [9.17, 15) is 9.59 Å². The molecular formula is C24H35N5O4. The summed E-state index contributed by atoms with van der Waals surface area (Å²) in [4.78, 5) is 34.0. The van der Waals surface area contributed by atoms with Crippen LogP contribution >= 0.6 is 0 Å². The quantitative estimate of drug-likeness (QED) is 0.684. The van der Waals surface area contributed by atoms with Gasteiger partial charge in [0.15, 0.2) is 0 Å². The average Bonchev–Trinajstić information content (AvgIpc) is 3.18. The number of nitrogens with one attached hydrogen (secondary N) is 1. The fraction of sp³-hybridized carbons (Fsp3) is 0.542. The number of hydrogen-bond donors (Lipinski definition) is 1. The number of aromatic nitrogens is 2. The van der Waals surface area contributed by atoms with Crippen molar-refractivity contribution < 1.29 is 14.3 Å². The Kier molecular flexibility index (Phi) is 7.63. The Balaban J connectivity index is 1.99. The van der Waals surface area contributed by atoms with E-state index in [1.165, 1.54) is 7.11 Å². The standard InChI is InChI=1S/C24H35N5O4/c1-8-29-22(18-11-10-17(27(5)6)12-15(18)3)25-16(4)21(23(29)30)26-19-13-28(24(31)32-7)14-20(19)33-9-2/h10-12,19-20,26H,8-9,13-14H2,1-7H3/t19?,20-/m0/s1. The van der Waals surface area contributed by atoms with Gasteiger partial charge in [-0.25, -0.2) is 9.78 Å². The fourth-order valence-electron chi connectivity index (χ4n) is 4.26. The number of rotatable bonds is 7. The first kappa shape index (κ1) is 24.6. The number of benzene rings is 1. The number of hydrogen-bond acceptors (Lipinski definition) is 7. The number of ether oxygens (including phenoxy) is 2. The van der Waals surface area contributed by atoms with Gasteiger partial charge < -0.3 is 24.6 Å². The third kappa shape index (κ3) is 4.98. The fourth-order valence-corrected chi connectivity index (χ4v) is 4.26. The van der Waals surface area contributed by atoms with Crippen LogP contribution in [0.5, 0.6) is 0 Å². The van der Waals surface area contributed by atoms with Gasteiger partial charge in [-0.1, -0.05) is 0 Å². The second kappa shape index (κ2) is 10.2. The van der Waals surface area contributed by atoms with Crippen molar-refractivity contribution in [3.05, 3.63) is 39.8 Å². The Morgan fingerprint density at radius 1 is 1.24 bits per heavy atom. The minimum absolute atomic E-state index is 0.136. The Labute approximate surface area is 195 Å². The first-order chi connectivity index (χ1) is 15.7.